The molecule has 2 aromatic rings. The molecule has 0 saturated heterocycles. The molecular weight excluding hydrogens is 301 g/mol. The first kappa shape index (κ1) is 14.0. The van der Waals surface area contributed by atoms with Crippen molar-refractivity contribution >= 4 is 46.5 Å². The molecule has 0 unspecified atom stereocenters. The fourth-order valence-electron chi connectivity index (χ4n) is 1.63. The van der Waals surface area contributed by atoms with Crippen LogP contribution in [0.3, 0.4) is 0 Å². The summed E-state index contributed by atoms with van der Waals surface area (Å²) in [6.45, 7) is 0. The third kappa shape index (κ3) is 3.30. The maximum atomic E-state index is 9.27. The summed E-state index contributed by atoms with van der Waals surface area (Å²) in [5.74, 6) is 0. The molecule has 19 heavy (non-hydrogen) atoms. The smallest absolute Gasteiger partial charge is 0.0998 e. The molecule has 2 rings (SSSR count). The second-order valence-electron chi connectivity index (χ2n) is 3.82. The molecule has 94 valence electrons. The zero-order chi connectivity index (χ0) is 13.8. The maximum Gasteiger partial charge on any atom is 0.0998 e. The van der Waals surface area contributed by atoms with Crippen LogP contribution in [0.2, 0.25) is 15.1 Å². The molecule has 0 saturated carbocycles. The van der Waals surface area contributed by atoms with E-state index in [9.17, 15) is 5.26 Å². The summed E-state index contributed by atoms with van der Waals surface area (Å²) in [6.07, 6.45) is 1.71. The Balaban J connectivity index is 2.52. The van der Waals surface area contributed by atoms with Crippen molar-refractivity contribution in [2.45, 2.75) is 0 Å². The first-order valence-electron chi connectivity index (χ1n) is 5.43. The van der Waals surface area contributed by atoms with Gasteiger partial charge in [-0.15, -0.1) is 0 Å². The SMILES string of the molecule is N#C/C(=C\c1ccccc1Cl)c1ccc(Cl)cc1Cl. The van der Waals surface area contributed by atoms with Gasteiger partial charge in [0.2, 0.25) is 0 Å². The van der Waals surface area contributed by atoms with Crippen LogP contribution in [0, 0.1) is 11.3 Å². The van der Waals surface area contributed by atoms with Crippen LogP contribution in [-0.4, -0.2) is 0 Å². The number of allylic oxidation sites excluding steroid dienone is 1. The van der Waals surface area contributed by atoms with Crippen LogP contribution in [0.4, 0.5) is 0 Å². The van der Waals surface area contributed by atoms with Gasteiger partial charge in [0.25, 0.3) is 0 Å². The van der Waals surface area contributed by atoms with Crippen molar-refractivity contribution in [1.82, 2.24) is 0 Å². The van der Waals surface area contributed by atoms with Crippen molar-refractivity contribution in [1.29, 1.82) is 5.26 Å². The monoisotopic (exact) mass is 307 g/mol. The molecule has 0 fully saturated rings. The van der Waals surface area contributed by atoms with Crippen molar-refractivity contribution in [3.8, 4) is 6.07 Å². The van der Waals surface area contributed by atoms with E-state index in [0.29, 0.717) is 26.2 Å². The first-order valence-corrected chi connectivity index (χ1v) is 6.57. The highest BCUT2D eigenvalue weighted by Crippen LogP contribution is 2.29. The Kier molecular flexibility index (Phi) is 4.50. The van der Waals surface area contributed by atoms with E-state index in [4.69, 9.17) is 34.8 Å². The van der Waals surface area contributed by atoms with Crippen LogP contribution in [0.5, 0.6) is 0 Å². The molecule has 0 atom stereocenters. The van der Waals surface area contributed by atoms with Crippen LogP contribution in [0.1, 0.15) is 11.1 Å². The van der Waals surface area contributed by atoms with Crippen LogP contribution < -0.4 is 0 Å². The zero-order valence-corrected chi connectivity index (χ0v) is 12.0. The van der Waals surface area contributed by atoms with Gasteiger partial charge in [-0.25, -0.2) is 0 Å². The normalized spacial score (nSPS) is 11.2. The fourth-order valence-corrected chi connectivity index (χ4v) is 2.33. The minimum atomic E-state index is 0.437. The molecule has 0 radical (unpaired) electrons. The van der Waals surface area contributed by atoms with Crippen LogP contribution in [-0.2, 0) is 0 Å². The number of benzene rings is 2. The molecule has 0 N–H and O–H groups in total. The van der Waals surface area contributed by atoms with Gasteiger partial charge in [-0.1, -0.05) is 59.1 Å². The Hall–Kier alpha value is -1.46. The standard InChI is InChI=1S/C15H8Cl3N/c16-12-5-6-13(15(18)8-12)11(9-19)7-10-3-1-2-4-14(10)17/h1-8H/b11-7+. The van der Waals surface area contributed by atoms with E-state index in [2.05, 4.69) is 6.07 Å². The summed E-state index contributed by atoms with van der Waals surface area (Å²) in [7, 11) is 0. The third-order valence-electron chi connectivity index (χ3n) is 2.55. The van der Waals surface area contributed by atoms with E-state index in [1.54, 1.807) is 30.3 Å². The molecule has 0 amide bonds. The quantitative estimate of drug-likeness (QED) is 0.515. The molecule has 0 aromatic heterocycles. The average molecular weight is 309 g/mol. The number of halogens is 3. The lowest BCUT2D eigenvalue weighted by Gasteiger charge is -2.04. The van der Waals surface area contributed by atoms with Crippen molar-refractivity contribution in [2.24, 2.45) is 0 Å². The van der Waals surface area contributed by atoms with Crippen LogP contribution in [0.25, 0.3) is 11.6 Å². The lowest BCUT2D eigenvalue weighted by Crippen LogP contribution is -1.85. The fraction of sp³-hybridized carbons (Fsp3) is 0. The molecule has 0 aliphatic heterocycles. The van der Waals surface area contributed by atoms with Crippen molar-refractivity contribution in [3.63, 3.8) is 0 Å². The highest BCUT2D eigenvalue weighted by Gasteiger charge is 2.08. The summed E-state index contributed by atoms with van der Waals surface area (Å²) >= 11 is 18.0. The molecule has 4 heteroatoms. The van der Waals surface area contributed by atoms with E-state index in [1.165, 1.54) is 0 Å². The van der Waals surface area contributed by atoms with Gasteiger partial charge in [-0.3, -0.25) is 0 Å². The third-order valence-corrected chi connectivity index (χ3v) is 3.44. The minimum absolute atomic E-state index is 0.437. The van der Waals surface area contributed by atoms with Crippen molar-refractivity contribution < 1.29 is 0 Å². The predicted octanol–water partition coefficient (Wildman–Crippen LogP) is 5.71. The number of nitriles is 1. The lowest BCUT2D eigenvalue weighted by molar-refractivity contribution is 1.52. The average Bonchev–Trinajstić information content (AvgIpc) is 2.39. The molecule has 0 aliphatic rings. The Bertz CT molecular complexity index is 684. The predicted molar refractivity (Wildman–Crippen MR) is 81.4 cm³/mol. The van der Waals surface area contributed by atoms with E-state index >= 15 is 0 Å². The number of hydrogen-bond donors (Lipinski definition) is 0. The molecule has 0 bridgehead atoms. The second-order valence-corrected chi connectivity index (χ2v) is 5.07. The molecule has 0 aliphatic carbocycles. The van der Waals surface area contributed by atoms with Crippen molar-refractivity contribution in [2.75, 3.05) is 0 Å². The van der Waals surface area contributed by atoms with Gasteiger partial charge in [-0.05, 0) is 29.8 Å². The summed E-state index contributed by atoms with van der Waals surface area (Å²) in [5.41, 5.74) is 1.84. The minimum Gasteiger partial charge on any atom is -0.192 e. The van der Waals surface area contributed by atoms with Gasteiger partial charge in [0.05, 0.1) is 16.7 Å². The summed E-state index contributed by atoms with van der Waals surface area (Å²) in [6, 6.07) is 14.4. The van der Waals surface area contributed by atoms with Crippen LogP contribution in [0.15, 0.2) is 42.5 Å². The Labute approximate surface area is 126 Å². The van der Waals surface area contributed by atoms with Gasteiger partial charge in [0.15, 0.2) is 0 Å². The number of rotatable bonds is 2. The van der Waals surface area contributed by atoms with Crippen LogP contribution >= 0.6 is 34.8 Å². The maximum absolute atomic E-state index is 9.27. The first-order chi connectivity index (χ1) is 9.11. The molecule has 1 nitrogen and oxygen atoms in total. The summed E-state index contributed by atoms with van der Waals surface area (Å²) in [4.78, 5) is 0. The van der Waals surface area contributed by atoms with Gasteiger partial charge >= 0.3 is 0 Å². The Morgan fingerprint density at radius 1 is 1.00 bits per heavy atom. The van der Waals surface area contributed by atoms with E-state index in [0.717, 1.165) is 5.56 Å². The van der Waals surface area contributed by atoms with Gasteiger partial charge < -0.3 is 0 Å². The number of hydrogen-bond acceptors (Lipinski definition) is 1. The number of nitrogens with zero attached hydrogens (tertiary/aromatic N) is 1. The van der Waals surface area contributed by atoms with Gasteiger partial charge in [0, 0.05) is 15.6 Å². The Morgan fingerprint density at radius 2 is 1.74 bits per heavy atom. The zero-order valence-electron chi connectivity index (χ0n) is 9.70. The molecule has 0 heterocycles. The van der Waals surface area contributed by atoms with Crippen molar-refractivity contribution in [3.05, 3.63) is 68.7 Å². The summed E-state index contributed by atoms with van der Waals surface area (Å²) in [5, 5.41) is 10.8. The summed E-state index contributed by atoms with van der Waals surface area (Å²) < 4.78 is 0. The van der Waals surface area contributed by atoms with E-state index in [-0.39, 0.29) is 0 Å². The Morgan fingerprint density at radius 3 is 2.37 bits per heavy atom. The topological polar surface area (TPSA) is 23.8 Å². The highest BCUT2D eigenvalue weighted by molar-refractivity contribution is 6.36. The molecule has 0 spiro atoms. The van der Waals surface area contributed by atoms with Gasteiger partial charge in [0.1, 0.15) is 0 Å². The second kappa shape index (κ2) is 6.12. The highest BCUT2D eigenvalue weighted by atomic mass is 35.5. The van der Waals surface area contributed by atoms with Gasteiger partial charge in [-0.2, -0.15) is 5.26 Å². The van der Waals surface area contributed by atoms with E-state index < -0.39 is 0 Å². The lowest BCUT2D eigenvalue weighted by atomic mass is 10.0. The molecular formula is C15H8Cl3N. The largest absolute Gasteiger partial charge is 0.192 e. The molecule has 2 aromatic carbocycles. The van der Waals surface area contributed by atoms with E-state index in [1.807, 2.05) is 18.2 Å².